The van der Waals surface area contributed by atoms with E-state index in [9.17, 15) is 17.6 Å². The Morgan fingerprint density at radius 1 is 1.19 bits per heavy atom. The molecule has 9 heteroatoms. The van der Waals surface area contributed by atoms with Gasteiger partial charge in [0.1, 0.15) is 11.6 Å². The number of ether oxygens (including phenoxy) is 1. The molecule has 32 heavy (non-hydrogen) atoms. The third-order valence-electron chi connectivity index (χ3n) is 6.93. The molecule has 1 saturated heterocycles. The molecule has 1 heterocycles. The first-order valence-electron chi connectivity index (χ1n) is 11.5. The third kappa shape index (κ3) is 5.48. The number of Topliss-reactive ketones (excluding diaryl/α,β-unsaturated/α-hetero) is 1. The predicted molar refractivity (Wildman–Crippen MR) is 128 cm³/mol. The highest BCUT2D eigenvalue weighted by Crippen LogP contribution is 2.40. The quantitative estimate of drug-likeness (QED) is 0.401. The number of hydrogen-bond donors (Lipinski definition) is 1. The number of methoxy groups -OCH3 is 1. The van der Waals surface area contributed by atoms with E-state index >= 15 is 0 Å². The number of hydrogen-bond acceptors (Lipinski definition) is 6. The summed E-state index contributed by atoms with van der Waals surface area (Å²) in [6, 6.07) is 2.60. The smallest absolute Gasteiger partial charge is 0.214 e. The summed E-state index contributed by atoms with van der Waals surface area (Å²) in [5, 5.41) is 0. The van der Waals surface area contributed by atoms with Crippen molar-refractivity contribution in [2.24, 2.45) is 0 Å². The van der Waals surface area contributed by atoms with Crippen molar-refractivity contribution in [1.29, 1.82) is 0 Å². The van der Waals surface area contributed by atoms with Gasteiger partial charge in [0.15, 0.2) is 5.78 Å². The molecule has 1 saturated carbocycles. The second kappa shape index (κ2) is 10.8. The van der Waals surface area contributed by atoms with Crippen molar-refractivity contribution < 1.29 is 22.3 Å². The minimum absolute atomic E-state index is 0.0543. The number of halogens is 1. The standard InChI is InChI=1S/C23H35FN2O4S2/c1-3-14-32(28,29)26-12-10-25(11-13-26)23(7-4-5-8-23)9-6-20(27)22-18(17-31)15-19(24)16-21(22)30-2/h15-16,31H,3-14,17H2,1-2H3. The first kappa shape index (κ1) is 25.5. The second-order valence-electron chi connectivity index (χ2n) is 8.86. The minimum atomic E-state index is -3.18. The number of ketones is 1. The highest BCUT2D eigenvalue weighted by Gasteiger charge is 2.42. The summed E-state index contributed by atoms with van der Waals surface area (Å²) >= 11 is 4.27. The lowest BCUT2D eigenvalue weighted by Gasteiger charge is -2.46. The molecule has 1 aliphatic heterocycles. The summed E-state index contributed by atoms with van der Waals surface area (Å²) in [6.45, 7) is 4.28. The van der Waals surface area contributed by atoms with Crippen molar-refractivity contribution in [1.82, 2.24) is 9.21 Å². The van der Waals surface area contributed by atoms with Crippen LogP contribution in [0.1, 0.15) is 67.8 Å². The minimum Gasteiger partial charge on any atom is -0.496 e. The maximum atomic E-state index is 13.9. The van der Waals surface area contributed by atoms with Gasteiger partial charge in [-0.25, -0.2) is 12.8 Å². The van der Waals surface area contributed by atoms with Gasteiger partial charge in [0.25, 0.3) is 0 Å². The first-order valence-corrected chi connectivity index (χ1v) is 13.7. The van der Waals surface area contributed by atoms with Gasteiger partial charge in [0, 0.05) is 50.0 Å². The van der Waals surface area contributed by atoms with Crippen LogP contribution in [0.15, 0.2) is 12.1 Å². The van der Waals surface area contributed by atoms with Gasteiger partial charge in [0.2, 0.25) is 10.0 Å². The maximum absolute atomic E-state index is 13.9. The normalized spacial score (nSPS) is 19.9. The zero-order valence-electron chi connectivity index (χ0n) is 19.1. The molecule has 0 unspecified atom stereocenters. The second-order valence-corrected chi connectivity index (χ2v) is 11.3. The Morgan fingerprint density at radius 3 is 2.41 bits per heavy atom. The van der Waals surface area contributed by atoms with E-state index in [1.165, 1.54) is 19.2 Å². The van der Waals surface area contributed by atoms with Crippen molar-refractivity contribution in [3.63, 3.8) is 0 Å². The molecule has 0 bridgehead atoms. The van der Waals surface area contributed by atoms with Crippen molar-refractivity contribution >= 4 is 28.4 Å². The van der Waals surface area contributed by atoms with Gasteiger partial charge in [-0.05, 0) is 37.3 Å². The van der Waals surface area contributed by atoms with Gasteiger partial charge in [-0.2, -0.15) is 16.9 Å². The molecular weight excluding hydrogens is 451 g/mol. The van der Waals surface area contributed by atoms with E-state index in [0.29, 0.717) is 56.6 Å². The monoisotopic (exact) mass is 486 g/mol. The summed E-state index contributed by atoms with van der Waals surface area (Å²) in [6.07, 6.45) is 5.94. The average molecular weight is 487 g/mol. The van der Waals surface area contributed by atoms with Crippen LogP contribution < -0.4 is 4.74 Å². The van der Waals surface area contributed by atoms with E-state index < -0.39 is 15.8 Å². The predicted octanol–water partition coefficient (Wildman–Crippen LogP) is 3.90. The Morgan fingerprint density at radius 2 is 1.84 bits per heavy atom. The fourth-order valence-electron chi connectivity index (χ4n) is 5.29. The molecule has 6 nitrogen and oxygen atoms in total. The number of nitrogens with zero attached hydrogens (tertiary/aromatic N) is 2. The van der Waals surface area contributed by atoms with Gasteiger partial charge < -0.3 is 4.74 Å². The topological polar surface area (TPSA) is 66.9 Å². The number of piperazine rings is 1. The number of sulfonamides is 1. The van der Waals surface area contributed by atoms with Crippen molar-refractivity contribution in [3.8, 4) is 5.75 Å². The average Bonchev–Trinajstić information content (AvgIpc) is 3.27. The fourth-order valence-corrected chi connectivity index (χ4v) is 7.04. The van der Waals surface area contributed by atoms with Gasteiger partial charge >= 0.3 is 0 Å². The van der Waals surface area contributed by atoms with Crippen LogP contribution in [0.4, 0.5) is 4.39 Å². The number of benzene rings is 1. The molecule has 1 aromatic carbocycles. The summed E-state index contributed by atoms with van der Waals surface area (Å²) in [5.41, 5.74) is 0.892. The van der Waals surface area contributed by atoms with E-state index in [2.05, 4.69) is 17.5 Å². The molecule has 0 spiro atoms. The molecule has 0 aromatic heterocycles. The third-order valence-corrected chi connectivity index (χ3v) is 9.35. The molecular formula is C23H35FN2O4S2. The highest BCUT2D eigenvalue weighted by molar-refractivity contribution is 7.89. The lowest BCUT2D eigenvalue weighted by molar-refractivity contribution is 0.0476. The van der Waals surface area contributed by atoms with Crippen molar-refractivity contribution in [2.45, 2.75) is 63.2 Å². The van der Waals surface area contributed by atoms with Gasteiger partial charge in [0.05, 0.1) is 18.4 Å². The molecule has 1 aliphatic carbocycles. The Kier molecular flexibility index (Phi) is 8.63. The first-order chi connectivity index (χ1) is 15.3. The summed E-state index contributed by atoms with van der Waals surface area (Å²) < 4.78 is 45.6. The van der Waals surface area contributed by atoms with E-state index in [-0.39, 0.29) is 28.6 Å². The van der Waals surface area contributed by atoms with Crippen LogP contribution in [0.25, 0.3) is 0 Å². The molecule has 0 atom stereocenters. The zero-order valence-corrected chi connectivity index (χ0v) is 20.8. The Hall–Kier alpha value is -1.16. The molecule has 0 amide bonds. The molecule has 2 fully saturated rings. The molecule has 0 radical (unpaired) electrons. The van der Waals surface area contributed by atoms with E-state index in [4.69, 9.17) is 4.74 Å². The SMILES string of the molecule is CCCS(=O)(=O)N1CCN(C2(CCC(=O)c3c(CS)cc(F)cc3OC)CCCC2)CC1. The molecule has 180 valence electrons. The summed E-state index contributed by atoms with van der Waals surface area (Å²) in [4.78, 5) is 15.6. The van der Waals surface area contributed by atoms with Gasteiger partial charge in [-0.15, -0.1) is 0 Å². The Labute approximate surface area is 196 Å². The van der Waals surface area contributed by atoms with Crippen LogP contribution in [-0.2, 0) is 15.8 Å². The largest absolute Gasteiger partial charge is 0.496 e. The lowest BCUT2D eigenvalue weighted by atomic mass is 9.86. The molecule has 0 N–H and O–H groups in total. The van der Waals surface area contributed by atoms with Crippen molar-refractivity contribution in [3.05, 3.63) is 29.1 Å². The van der Waals surface area contributed by atoms with Crippen LogP contribution >= 0.6 is 12.6 Å². The number of rotatable bonds is 10. The number of carbonyl (C=O) groups is 1. The molecule has 3 rings (SSSR count). The van der Waals surface area contributed by atoms with Crippen LogP contribution in [0.5, 0.6) is 5.75 Å². The Balaban J connectivity index is 1.71. The van der Waals surface area contributed by atoms with Crippen LogP contribution in [-0.4, -0.2) is 68.0 Å². The summed E-state index contributed by atoms with van der Waals surface area (Å²) in [7, 11) is -1.74. The van der Waals surface area contributed by atoms with Gasteiger partial charge in [-0.1, -0.05) is 19.8 Å². The van der Waals surface area contributed by atoms with E-state index in [0.717, 1.165) is 25.7 Å². The van der Waals surface area contributed by atoms with Crippen LogP contribution in [0, 0.1) is 5.82 Å². The highest BCUT2D eigenvalue weighted by atomic mass is 32.2. The van der Waals surface area contributed by atoms with Crippen LogP contribution in [0.3, 0.4) is 0 Å². The summed E-state index contributed by atoms with van der Waals surface area (Å²) in [5.74, 6) is 0.218. The van der Waals surface area contributed by atoms with Gasteiger partial charge in [-0.3, -0.25) is 9.69 Å². The van der Waals surface area contributed by atoms with Crippen LogP contribution in [0.2, 0.25) is 0 Å². The number of carbonyl (C=O) groups excluding carboxylic acids is 1. The number of thiol groups is 1. The van der Waals surface area contributed by atoms with Crippen molar-refractivity contribution in [2.75, 3.05) is 39.0 Å². The lowest BCUT2D eigenvalue weighted by Crippen LogP contribution is -2.57. The molecule has 1 aromatic rings. The maximum Gasteiger partial charge on any atom is 0.214 e. The zero-order chi connectivity index (χ0) is 23.4. The van der Waals surface area contributed by atoms with E-state index in [1.54, 1.807) is 4.31 Å². The molecule has 2 aliphatic rings. The Bertz CT molecular complexity index is 884. The fraction of sp³-hybridized carbons (Fsp3) is 0.696. The van der Waals surface area contributed by atoms with E-state index in [1.807, 2.05) is 6.92 Å².